The van der Waals surface area contributed by atoms with Crippen LogP contribution in [0.5, 0.6) is 0 Å². The van der Waals surface area contributed by atoms with Gasteiger partial charge >= 0.3 is 0 Å². The summed E-state index contributed by atoms with van der Waals surface area (Å²) in [4.78, 5) is 4.03. The van der Waals surface area contributed by atoms with Crippen LogP contribution in [0.15, 0.2) is 0 Å². The Morgan fingerprint density at radius 1 is 1.36 bits per heavy atom. The fourth-order valence-corrected chi connectivity index (χ4v) is 1.65. The minimum atomic E-state index is -0.268. The molecule has 0 aliphatic heterocycles. The van der Waals surface area contributed by atoms with Crippen molar-refractivity contribution >= 4 is 23.1 Å². The number of hydrogen-bond acceptors (Lipinski definition) is 5. The molecule has 0 amide bonds. The van der Waals surface area contributed by atoms with Crippen LogP contribution in [-0.4, -0.2) is 28.9 Å². The maximum atomic E-state index is 5.66. The number of halogens is 1. The minimum Gasteiger partial charge on any atom is -0.352 e. The van der Waals surface area contributed by atoms with E-state index in [1.54, 1.807) is 0 Å². The Labute approximate surface area is 92.4 Å². The molecule has 1 heterocycles. The lowest BCUT2D eigenvalue weighted by molar-refractivity contribution is -0.135. The Hall–Kier alpha value is -0.230. The zero-order chi connectivity index (χ0) is 10.4. The minimum absolute atomic E-state index is 0.268. The molecule has 0 aliphatic rings. The predicted octanol–water partition coefficient (Wildman–Crippen LogP) is 2.13. The molecule has 0 fully saturated rings. The molecule has 0 spiro atoms. The summed E-state index contributed by atoms with van der Waals surface area (Å²) >= 11 is 6.84. The van der Waals surface area contributed by atoms with E-state index in [1.165, 1.54) is 11.5 Å². The summed E-state index contributed by atoms with van der Waals surface area (Å²) in [7, 11) is 0. The number of rotatable bonds is 6. The van der Waals surface area contributed by atoms with Gasteiger partial charge in [0.2, 0.25) is 4.47 Å². The first-order chi connectivity index (χ1) is 6.76. The van der Waals surface area contributed by atoms with Crippen LogP contribution in [0.25, 0.3) is 0 Å². The van der Waals surface area contributed by atoms with E-state index in [-0.39, 0.29) is 6.29 Å². The quantitative estimate of drug-likeness (QED) is 0.710. The molecular formula is C8H13ClN2O2S. The number of hydrogen-bond donors (Lipinski definition) is 0. The molecule has 0 radical (unpaired) electrons. The maximum Gasteiger partial charge on any atom is 0.203 e. The molecule has 4 nitrogen and oxygen atoms in total. The molecule has 1 aromatic heterocycles. The smallest absolute Gasteiger partial charge is 0.203 e. The molecule has 14 heavy (non-hydrogen) atoms. The zero-order valence-corrected chi connectivity index (χ0v) is 9.77. The van der Waals surface area contributed by atoms with Gasteiger partial charge in [-0.1, -0.05) is 0 Å². The average Bonchev–Trinajstić information content (AvgIpc) is 2.52. The van der Waals surface area contributed by atoms with E-state index in [1.807, 2.05) is 13.8 Å². The summed E-state index contributed by atoms with van der Waals surface area (Å²) in [6.45, 7) is 5.08. The molecule has 0 aliphatic carbocycles. The maximum absolute atomic E-state index is 5.66. The molecule has 0 saturated heterocycles. The highest BCUT2D eigenvalue weighted by atomic mass is 35.5. The first kappa shape index (κ1) is 11.8. The lowest BCUT2D eigenvalue weighted by atomic mass is 10.4. The number of ether oxygens (including phenoxy) is 2. The van der Waals surface area contributed by atoms with Gasteiger partial charge < -0.3 is 9.47 Å². The van der Waals surface area contributed by atoms with E-state index in [9.17, 15) is 0 Å². The summed E-state index contributed by atoms with van der Waals surface area (Å²) in [5.41, 5.74) is 0. The molecule has 0 aromatic carbocycles. The predicted molar refractivity (Wildman–Crippen MR) is 55.7 cm³/mol. The van der Waals surface area contributed by atoms with E-state index in [4.69, 9.17) is 21.1 Å². The molecule has 1 rings (SSSR count). The van der Waals surface area contributed by atoms with Crippen molar-refractivity contribution in [1.29, 1.82) is 0 Å². The van der Waals surface area contributed by atoms with Crippen LogP contribution in [0.3, 0.4) is 0 Å². The van der Waals surface area contributed by atoms with Gasteiger partial charge in [0.1, 0.15) is 5.82 Å². The monoisotopic (exact) mass is 236 g/mol. The molecule has 0 N–H and O–H groups in total. The first-order valence-corrected chi connectivity index (χ1v) is 5.62. The molecule has 0 saturated carbocycles. The largest absolute Gasteiger partial charge is 0.352 e. The second kappa shape index (κ2) is 6.29. The lowest BCUT2D eigenvalue weighted by Gasteiger charge is -2.14. The van der Waals surface area contributed by atoms with Gasteiger partial charge in [0, 0.05) is 13.2 Å². The number of aromatic nitrogens is 2. The number of nitrogens with zero attached hydrogens (tertiary/aromatic N) is 2. The third-order valence-electron chi connectivity index (χ3n) is 1.50. The van der Waals surface area contributed by atoms with Crippen molar-refractivity contribution < 1.29 is 9.47 Å². The molecule has 0 unspecified atom stereocenters. The van der Waals surface area contributed by atoms with Crippen molar-refractivity contribution in [3.63, 3.8) is 0 Å². The Bertz CT molecular complexity index is 264. The van der Waals surface area contributed by atoms with Gasteiger partial charge in [0.15, 0.2) is 6.29 Å². The van der Waals surface area contributed by atoms with Crippen LogP contribution in [0.1, 0.15) is 19.7 Å². The third-order valence-corrected chi connectivity index (χ3v) is 2.33. The first-order valence-electron chi connectivity index (χ1n) is 4.47. The van der Waals surface area contributed by atoms with Crippen LogP contribution >= 0.6 is 23.1 Å². The van der Waals surface area contributed by atoms with Crippen LogP contribution < -0.4 is 0 Å². The second-order valence-corrected chi connectivity index (χ2v) is 3.84. The highest BCUT2D eigenvalue weighted by Gasteiger charge is 2.12. The van der Waals surface area contributed by atoms with Gasteiger partial charge in [0.05, 0.1) is 6.42 Å². The van der Waals surface area contributed by atoms with Crippen molar-refractivity contribution in [2.45, 2.75) is 26.6 Å². The highest BCUT2D eigenvalue weighted by Crippen LogP contribution is 2.13. The van der Waals surface area contributed by atoms with E-state index in [0.717, 1.165) is 0 Å². The highest BCUT2D eigenvalue weighted by molar-refractivity contribution is 7.10. The molecule has 1 aromatic rings. The van der Waals surface area contributed by atoms with Crippen molar-refractivity contribution in [2.75, 3.05) is 13.2 Å². The van der Waals surface area contributed by atoms with E-state index >= 15 is 0 Å². The van der Waals surface area contributed by atoms with Gasteiger partial charge in [-0.2, -0.15) is 4.37 Å². The Kier molecular flexibility index (Phi) is 5.32. The topological polar surface area (TPSA) is 44.2 Å². The summed E-state index contributed by atoms with van der Waals surface area (Å²) in [5.74, 6) is 0.673. The lowest BCUT2D eigenvalue weighted by Crippen LogP contribution is -2.20. The van der Waals surface area contributed by atoms with Crippen molar-refractivity contribution in [1.82, 2.24) is 9.36 Å². The van der Waals surface area contributed by atoms with Gasteiger partial charge in [-0.05, 0) is 37.0 Å². The van der Waals surface area contributed by atoms with Crippen LogP contribution in [0.2, 0.25) is 4.47 Å². The van der Waals surface area contributed by atoms with Crippen molar-refractivity contribution in [2.24, 2.45) is 0 Å². The molecule has 6 heteroatoms. The summed E-state index contributed by atoms with van der Waals surface area (Å²) < 4.78 is 15.2. The fourth-order valence-electron chi connectivity index (χ4n) is 1.00. The van der Waals surface area contributed by atoms with Crippen molar-refractivity contribution in [3.05, 3.63) is 10.3 Å². The summed E-state index contributed by atoms with van der Waals surface area (Å²) in [5, 5.41) is 0. The zero-order valence-electron chi connectivity index (χ0n) is 8.20. The van der Waals surface area contributed by atoms with Gasteiger partial charge in [-0.3, -0.25) is 0 Å². The SMILES string of the molecule is CCOC(Cc1nsc(Cl)n1)OCC. The normalized spacial score (nSPS) is 11.1. The van der Waals surface area contributed by atoms with E-state index < -0.39 is 0 Å². The molecule has 0 bridgehead atoms. The molecule has 80 valence electrons. The van der Waals surface area contributed by atoms with Gasteiger partial charge in [-0.25, -0.2) is 4.98 Å². The average molecular weight is 237 g/mol. The van der Waals surface area contributed by atoms with Crippen LogP contribution in [-0.2, 0) is 15.9 Å². The Balaban J connectivity index is 2.46. The van der Waals surface area contributed by atoms with Crippen LogP contribution in [0, 0.1) is 0 Å². The summed E-state index contributed by atoms with van der Waals surface area (Å²) in [6, 6.07) is 0. The van der Waals surface area contributed by atoms with Gasteiger partial charge in [-0.15, -0.1) is 0 Å². The van der Waals surface area contributed by atoms with E-state index in [2.05, 4.69) is 9.36 Å². The fraction of sp³-hybridized carbons (Fsp3) is 0.750. The standard InChI is InChI=1S/C8H13ClN2O2S/c1-3-12-7(13-4-2)5-6-10-8(9)14-11-6/h7H,3-5H2,1-2H3. The van der Waals surface area contributed by atoms with Gasteiger partial charge in [0.25, 0.3) is 0 Å². The van der Waals surface area contributed by atoms with Crippen LogP contribution in [0.4, 0.5) is 0 Å². The third kappa shape index (κ3) is 3.88. The van der Waals surface area contributed by atoms with E-state index in [0.29, 0.717) is 29.9 Å². The second-order valence-electron chi connectivity index (χ2n) is 2.51. The summed E-state index contributed by atoms with van der Waals surface area (Å²) in [6.07, 6.45) is 0.279. The Morgan fingerprint density at radius 3 is 2.43 bits per heavy atom. The molecular weight excluding hydrogens is 224 g/mol. The Morgan fingerprint density at radius 2 is 2.00 bits per heavy atom. The molecule has 0 atom stereocenters. The van der Waals surface area contributed by atoms with Crippen molar-refractivity contribution in [3.8, 4) is 0 Å².